The van der Waals surface area contributed by atoms with Crippen molar-refractivity contribution in [3.8, 4) is 11.6 Å². The van der Waals surface area contributed by atoms with E-state index in [9.17, 15) is 31.4 Å². The Hall–Kier alpha value is -2.87. The van der Waals surface area contributed by atoms with Crippen LogP contribution in [-0.2, 0) is 12.4 Å². The first-order valence-corrected chi connectivity index (χ1v) is 9.79. The van der Waals surface area contributed by atoms with Crippen molar-refractivity contribution >= 4 is 5.95 Å². The average Bonchev–Trinajstić information content (AvgIpc) is 2.78. The van der Waals surface area contributed by atoms with Crippen LogP contribution in [0.4, 0.5) is 32.3 Å². The molecule has 1 fully saturated rings. The van der Waals surface area contributed by atoms with Gasteiger partial charge in [-0.3, -0.25) is 4.90 Å². The van der Waals surface area contributed by atoms with Crippen LogP contribution in [0.15, 0.2) is 24.7 Å². The van der Waals surface area contributed by atoms with Crippen LogP contribution in [0.3, 0.4) is 0 Å². The second-order valence-electron chi connectivity index (χ2n) is 7.14. The maximum atomic E-state index is 13.0. The lowest BCUT2D eigenvalue weighted by Crippen LogP contribution is -2.51. The van der Waals surface area contributed by atoms with E-state index in [1.165, 1.54) is 0 Å². The highest BCUT2D eigenvalue weighted by Gasteiger charge is 2.36. The predicted molar refractivity (Wildman–Crippen MR) is 103 cm³/mol. The molecule has 33 heavy (non-hydrogen) atoms. The summed E-state index contributed by atoms with van der Waals surface area (Å²) in [5.41, 5.74) is -2.00. The summed E-state index contributed by atoms with van der Waals surface area (Å²) >= 11 is 0. The standard InChI is InChI=1S/C19H21F6N5O3/c1-32-16-14(19(23,24)25)8-13(11-26-16)33-7-2-15(31)29-3-5-30(6-4-29)17-27-9-12(10-28-17)18(20,21)22/h8-11,15,31H,2-7H2,1H3. The average molecular weight is 481 g/mol. The number of methoxy groups -OCH3 is 1. The van der Waals surface area contributed by atoms with Gasteiger partial charge in [-0.15, -0.1) is 0 Å². The molecule has 3 rings (SSSR count). The largest absolute Gasteiger partial charge is 0.492 e. The van der Waals surface area contributed by atoms with Gasteiger partial charge in [0, 0.05) is 45.0 Å². The molecule has 3 heterocycles. The number of hydrogen-bond donors (Lipinski definition) is 1. The summed E-state index contributed by atoms with van der Waals surface area (Å²) in [7, 11) is 1.08. The molecule has 8 nitrogen and oxygen atoms in total. The quantitative estimate of drug-likeness (QED) is 0.605. The number of aliphatic hydroxyl groups is 1. The SMILES string of the molecule is COc1ncc(OCCC(O)N2CCN(c3ncc(C(F)(F)F)cn3)CC2)cc1C(F)(F)F. The topological polar surface area (TPSA) is 83.8 Å². The summed E-state index contributed by atoms with van der Waals surface area (Å²) in [6.07, 6.45) is -7.44. The van der Waals surface area contributed by atoms with Crippen LogP contribution in [-0.4, -0.2) is 71.1 Å². The van der Waals surface area contributed by atoms with Crippen LogP contribution in [0.5, 0.6) is 11.6 Å². The summed E-state index contributed by atoms with van der Waals surface area (Å²) < 4.78 is 86.9. The third-order valence-electron chi connectivity index (χ3n) is 4.95. The van der Waals surface area contributed by atoms with Crippen LogP contribution >= 0.6 is 0 Å². The molecule has 1 atom stereocenters. The van der Waals surface area contributed by atoms with Crippen molar-refractivity contribution < 1.29 is 40.9 Å². The zero-order valence-corrected chi connectivity index (χ0v) is 17.4. The van der Waals surface area contributed by atoms with Gasteiger partial charge in [-0.05, 0) is 6.07 Å². The van der Waals surface area contributed by atoms with Gasteiger partial charge in [-0.25, -0.2) is 15.0 Å². The minimum atomic E-state index is -4.66. The van der Waals surface area contributed by atoms with Crippen LogP contribution in [0.1, 0.15) is 17.5 Å². The highest BCUT2D eigenvalue weighted by atomic mass is 19.4. The number of halogens is 6. The molecule has 0 amide bonds. The number of aromatic nitrogens is 3. The number of rotatable bonds is 7. The molecule has 1 saturated heterocycles. The molecule has 1 unspecified atom stereocenters. The van der Waals surface area contributed by atoms with Gasteiger partial charge in [0.1, 0.15) is 17.5 Å². The normalized spacial score (nSPS) is 16.5. The van der Waals surface area contributed by atoms with E-state index >= 15 is 0 Å². The van der Waals surface area contributed by atoms with Crippen LogP contribution < -0.4 is 14.4 Å². The summed E-state index contributed by atoms with van der Waals surface area (Å²) in [5.74, 6) is -0.516. The van der Waals surface area contributed by atoms with Crippen molar-refractivity contribution in [2.45, 2.75) is 25.0 Å². The molecule has 2 aromatic rings. The van der Waals surface area contributed by atoms with E-state index in [0.29, 0.717) is 26.2 Å². The minimum absolute atomic E-state index is 0.0608. The lowest BCUT2D eigenvalue weighted by molar-refractivity contribution is -0.139. The van der Waals surface area contributed by atoms with Gasteiger partial charge in [0.05, 0.1) is 25.5 Å². The van der Waals surface area contributed by atoms with Crippen molar-refractivity contribution in [3.63, 3.8) is 0 Å². The van der Waals surface area contributed by atoms with Crippen molar-refractivity contribution in [1.82, 2.24) is 19.9 Å². The Balaban J connectivity index is 1.47. The Morgan fingerprint density at radius 3 is 2.15 bits per heavy atom. The highest BCUT2D eigenvalue weighted by molar-refractivity contribution is 5.35. The van der Waals surface area contributed by atoms with Crippen molar-refractivity contribution in [1.29, 1.82) is 0 Å². The summed E-state index contributed by atoms with van der Waals surface area (Å²) in [5, 5.41) is 10.4. The predicted octanol–water partition coefficient (Wildman–Crippen LogP) is 2.83. The van der Waals surface area contributed by atoms with Gasteiger partial charge in [-0.2, -0.15) is 26.3 Å². The van der Waals surface area contributed by atoms with Crippen molar-refractivity contribution in [3.05, 3.63) is 35.8 Å². The monoisotopic (exact) mass is 481 g/mol. The molecular weight excluding hydrogens is 460 g/mol. The van der Waals surface area contributed by atoms with Gasteiger partial charge in [0.25, 0.3) is 0 Å². The number of anilines is 1. The van der Waals surface area contributed by atoms with E-state index in [0.717, 1.165) is 31.8 Å². The molecule has 0 bridgehead atoms. The second kappa shape index (κ2) is 9.95. The zero-order chi connectivity index (χ0) is 24.2. The second-order valence-corrected chi connectivity index (χ2v) is 7.14. The molecule has 0 aromatic carbocycles. The zero-order valence-electron chi connectivity index (χ0n) is 17.4. The Morgan fingerprint density at radius 2 is 1.61 bits per heavy atom. The molecular formula is C19H21F6N5O3. The van der Waals surface area contributed by atoms with Gasteiger partial charge in [-0.1, -0.05) is 0 Å². The van der Waals surface area contributed by atoms with Gasteiger partial charge in [0.15, 0.2) is 0 Å². The molecule has 0 spiro atoms. The smallest absolute Gasteiger partial charge is 0.421 e. The molecule has 0 radical (unpaired) electrons. The number of piperazine rings is 1. The number of hydrogen-bond acceptors (Lipinski definition) is 8. The first kappa shape index (κ1) is 24.8. The molecule has 1 aliphatic heterocycles. The van der Waals surface area contributed by atoms with E-state index in [2.05, 4.69) is 19.7 Å². The fraction of sp³-hybridized carbons (Fsp3) is 0.526. The summed E-state index contributed by atoms with van der Waals surface area (Å²) in [6, 6.07) is 0.779. The lowest BCUT2D eigenvalue weighted by Gasteiger charge is -2.37. The Kier molecular flexibility index (Phi) is 7.47. The number of aliphatic hydroxyl groups excluding tert-OH is 1. The molecule has 0 saturated carbocycles. The molecule has 14 heteroatoms. The highest BCUT2D eigenvalue weighted by Crippen LogP contribution is 2.36. The number of alkyl halides is 6. The van der Waals surface area contributed by atoms with Crippen molar-refractivity contribution in [2.75, 3.05) is 44.8 Å². The fourth-order valence-corrected chi connectivity index (χ4v) is 3.19. The van der Waals surface area contributed by atoms with Crippen LogP contribution in [0, 0.1) is 0 Å². The molecule has 2 aromatic heterocycles. The lowest BCUT2D eigenvalue weighted by atomic mass is 10.2. The van der Waals surface area contributed by atoms with Gasteiger partial charge < -0.3 is 19.5 Å². The maximum absolute atomic E-state index is 13.0. The summed E-state index contributed by atoms with van der Waals surface area (Å²) in [6.45, 7) is 1.46. The van der Waals surface area contributed by atoms with Gasteiger partial charge >= 0.3 is 12.4 Å². The summed E-state index contributed by atoms with van der Waals surface area (Å²) in [4.78, 5) is 14.5. The third kappa shape index (κ3) is 6.35. The molecule has 0 aliphatic carbocycles. The molecule has 182 valence electrons. The number of nitrogens with zero attached hydrogens (tertiary/aromatic N) is 5. The number of ether oxygens (including phenoxy) is 2. The van der Waals surface area contributed by atoms with Gasteiger partial charge in [0.2, 0.25) is 11.8 Å². The Morgan fingerprint density at radius 1 is 0.970 bits per heavy atom. The van der Waals surface area contributed by atoms with Crippen LogP contribution in [0.2, 0.25) is 0 Å². The van der Waals surface area contributed by atoms with E-state index < -0.39 is 35.6 Å². The minimum Gasteiger partial charge on any atom is -0.492 e. The third-order valence-corrected chi connectivity index (χ3v) is 4.95. The van der Waals surface area contributed by atoms with E-state index in [4.69, 9.17) is 4.74 Å². The Labute approximate surface area is 184 Å². The van der Waals surface area contributed by atoms with E-state index in [1.807, 2.05) is 0 Å². The molecule has 1 aliphatic rings. The first-order chi connectivity index (χ1) is 15.5. The number of pyridine rings is 1. The molecule has 1 N–H and O–H groups in total. The van der Waals surface area contributed by atoms with Crippen molar-refractivity contribution in [2.24, 2.45) is 0 Å². The van der Waals surface area contributed by atoms with E-state index in [-0.39, 0.29) is 24.7 Å². The van der Waals surface area contributed by atoms with E-state index in [1.54, 1.807) is 9.80 Å². The van der Waals surface area contributed by atoms with Crippen LogP contribution in [0.25, 0.3) is 0 Å². The fourth-order valence-electron chi connectivity index (χ4n) is 3.19. The first-order valence-electron chi connectivity index (χ1n) is 9.79. The maximum Gasteiger partial charge on any atom is 0.421 e. The Bertz CT molecular complexity index is 918.